The Bertz CT molecular complexity index is 502. The van der Waals surface area contributed by atoms with Gasteiger partial charge in [-0.1, -0.05) is 15.9 Å². The van der Waals surface area contributed by atoms with E-state index in [4.69, 9.17) is 4.74 Å². The zero-order chi connectivity index (χ0) is 13.0. The third-order valence-electron chi connectivity index (χ3n) is 2.72. The van der Waals surface area contributed by atoms with Crippen LogP contribution in [0.2, 0.25) is 0 Å². The fraction of sp³-hybridized carbons (Fsp3) is 0.308. The molecular formula is C13H15BrN2OS. The van der Waals surface area contributed by atoms with E-state index in [-0.39, 0.29) is 6.04 Å². The SMILES string of the molecule is CNC(C)c1cc(Br)ccc1OCc1cncs1. The van der Waals surface area contributed by atoms with Gasteiger partial charge in [0.15, 0.2) is 0 Å². The van der Waals surface area contributed by atoms with Crippen LogP contribution in [0.15, 0.2) is 34.4 Å². The third kappa shape index (κ3) is 3.31. The van der Waals surface area contributed by atoms with E-state index >= 15 is 0 Å². The highest BCUT2D eigenvalue weighted by Gasteiger charge is 2.11. The number of benzene rings is 1. The summed E-state index contributed by atoms with van der Waals surface area (Å²) in [6.45, 7) is 2.68. The van der Waals surface area contributed by atoms with Gasteiger partial charge in [-0.3, -0.25) is 4.98 Å². The minimum absolute atomic E-state index is 0.249. The van der Waals surface area contributed by atoms with Gasteiger partial charge in [0.1, 0.15) is 12.4 Å². The average molecular weight is 327 g/mol. The fourth-order valence-electron chi connectivity index (χ4n) is 1.61. The van der Waals surface area contributed by atoms with E-state index < -0.39 is 0 Å². The van der Waals surface area contributed by atoms with Gasteiger partial charge in [-0.25, -0.2) is 0 Å². The maximum absolute atomic E-state index is 5.87. The molecule has 1 heterocycles. The van der Waals surface area contributed by atoms with Crippen LogP contribution in [-0.4, -0.2) is 12.0 Å². The van der Waals surface area contributed by atoms with E-state index in [2.05, 4.69) is 39.2 Å². The molecule has 2 rings (SSSR count). The molecule has 0 fully saturated rings. The van der Waals surface area contributed by atoms with Crippen LogP contribution < -0.4 is 10.1 Å². The van der Waals surface area contributed by atoms with E-state index in [1.165, 1.54) is 0 Å². The number of hydrogen-bond donors (Lipinski definition) is 1. The van der Waals surface area contributed by atoms with Gasteiger partial charge in [-0.2, -0.15) is 0 Å². The molecule has 0 saturated carbocycles. The second kappa shape index (κ2) is 6.31. The number of thiazole rings is 1. The number of hydrogen-bond acceptors (Lipinski definition) is 4. The maximum Gasteiger partial charge on any atom is 0.124 e. The first-order valence-corrected chi connectivity index (χ1v) is 7.35. The molecule has 1 unspecified atom stereocenters. The Hall–Kier alpha value is -0.910. The van der Waals surface area contributed by atoms with E-state index in [0.29, 0.717) is 6.61 Å². The standard InChI is InChI=1S/C13H15BrN2OS/c1-9(15-2)12-5-10(14)3-4-13(12)17-7-11-6-16-8-18-11/h3-6,8-9,15H,7H2,1-2H3. The highest BCUT2D eigenvalue weighted by Crippen LogP contribution is 2.29. The van der Waals surface area contributed by atoms with Crippen LogP contribution >= 0.6 is 27.3 Å². The lowest BCUT2D eigenvalue weighted by Crippen LogP contribution is -2.13. The van der Waals surface area contributed by atoms with Crippen LogP contribution in [0.25, 0.3) is 0 Å². The van der Waals surface area contributed by atoms with Crippen LogP contribution in [-0.2, 0) is 6.61 Å². The average Bonchev–Trinajstić information content (AvgIpc) is 2.89. The molecule has 1 atom stereocenters. The molecule has 0 bridgehead atoms. The summed E-state index contributed by atoms with van der Waals surface area (Å²) < 4.78 is 6.93. The van der Waals surface area contributed by atoms with Crippen molar-refractivity contribution in [2.45, 2.75) is 19.6 Å². The van der Waals surface area contributed by atoms with Gasteiger partial charge in [-0.15, -0.1) is 11.3 Å². The summed E-state index contributed by atoms with van der Waals surface area (Å²) in [4.78, 5) is 5.17. The number of rotatable bonds is 5. The van der Waals surface area contributed by atoms with Crippen molar-refractivity contribution in [2.75, 3.05) is 7.05 Å². The first-order chi connectivity index (χ1) is 8.70. The minimum atomic E-state index is 0.249. The Labute approximate surface area is 119 Å². The number of aromatic nitrogens is 1. The van der Waals surface area contributed by atoms with Gasteiger partial charge in [-0.05, 0) is 32.2 Å². The monoisotopic (exact) mass is 326 g/mol. The first-order valence-electron chi connectivity index (χ1n) is 5.67. The molecule has 0 aliphatic rings. The van der Waals surface area contributed by atoms with Crippen molar-refractivity contribution in [3.63, 3.8) is 0 Å². The summed E-state index contributed by atoms with van der Waals surface area (Å²) >= 11 is 5.10. The van der Waals surface area contributed by atoms with Crippen molar-refractivity contribution in [2.24, 2.45) is 0 Å². The molecule has 3 nitrogen and oxygen atoms in total. The van der Waals surface area contributed by atoms with Crippen molar-refractivity contribution >= 4 is 27.3 Å². The van der Waals surface area contributed by atoms with Crippen molar-refractivity contribution < 1.29 is 4.74 Å². The van der Waals surface area contributed by atoms with Crippen LogP contribution in [0, 0.1) is 0 Å². The van der Waals surface area contributed by atoms with Gasteiger partial charge < -0.3 is 10.1 Å². The van der Waals surface area contributed by atoms with Crippen molar-refractivity contribution in [3.8, 4) is 5.75 Å². The van der Waals surface area contributed by atoms with Gasteiger partial charge >= 0.3 is 0 Å². The lowest BCUT2D eigenvalue weighted by atomic mass is 10.1. The third-order valence-corrected chi connectivity index (χ3v) is 3.97. The minimum Gasteiger partial charge on any atom is -0.488 e. The zero-order valence-corrected chi connectivity index (χ0v) is 12.7. The van der Waals surface area contributed by atoms with Crippen molar-refractivity contribution in [1.82, 2.24) is 10.3 Å². The molecule has 0 aliphatic heterocycles. The van der Waals surface area contributed by atoms with Crippen molar-refractivity contribution in [3.05, 3.63) is 44.8 Å². The van der Waals surface area contributed by atoms with Crippen LogP contribution in [0.4, 0.5) is 0 Å². The second-order valence-corrected chi connectivity index (χ2v) is 5.84. The summed E-state index contributed by atoms with van der Waals surface area (Å²) in [6.07, 6.45) is 1.84. The highest BCUT2D eigenvalue weighted by atomic mass is 79.9. The lowest BCUT2D eigenvalue weighted by molar-refractivity contribution is 0.303. The predicted molar refractivity (Wildman–Crippen MR) is 78.1 cm³/mol. The predicted octanol–water partition coefficient (Wildman–Crippen LogP) is 3.77. The summed E-state index contributed by atoms with van der Waals surface area (Å²) in [5.41, 5.74) is 2.97. The molecule has 0 saturated heterocycles. The number of halogens is 1. The molecular weight excluding hydrogens is 312 g/mol. The molecule has 1 aromatic carbocycles. The smallest absolute Gasteiger partial charge is 0.124 e. The summed E-state index contributed by atoms with van der Waals surface area (Å²) in [7, 11) is 1.94. The lowest BCUT2D eigenvalue weighted by Gasteiger charge is -2.16. The molecule has 0 spiro atoms. The quantitative estimate of drug-likeness (QED) is 0.908. The topological polar surface area (TPSA) is 34.1 Å². The number of nitrogens with zero attached hydrogens (tertiary/aromatic N) is 1. The van der Waals surface area contributed by atoms with E-state index in [9.17, 15) is 0 Å². The van der Waals surface area contributed by atoms with Crippen LogP contribution in [0.3, 0.4) is 0 Å². The zero-order valence-electron chi connectivity index (χ0n) is 10.3. The molecule has 5 heteroatoms. The Morgan fingerprint density at radius 2 is 2.33 bits per heavy atom. The molecule has 2 aromatic rings. The van der Waals surface area contributed by atoms with Gasteiger partial charge in [0.05, 0.1) is 10.4 Å². The van der Waals surface area contributed by atoms with E-state index in [1.54, 1.807) is 11.3 Å². The molecule has 96 valence electrons. The highest BCUT2D eigenvalue weighted by molar-refractivity contribution is 9.10. The van der Waals surface area contributed by atoms with Gasteiger partial charge in [0.2, 0.25) is 0 Å². The molecule has 18 heavy (non-hydrogen) atoms. The first kappa shape index (κ1) is 13.5. The summed E-state index contributed by atoms with van der Waals surface area (Å²) in [5, 5.41) is 3.23. The Morgan fingerprint density at radius 3 is 3.00 bits per heavy atom. The fourth-order valence-corrected chi connectivity index (χ4v) is 2.49. The Morgan fingerprint density at radius 1 is 1.50 bits per heavy atom. The van der Waals surface area contributed by atoms with Gasteiger partial charge in [0.25, 0.3) is 0 Å². The van der Waals surface area contributed by atoms with Crippen LogP contribution in [0.1, 0.15) is 23.4 Å². The van der Waals surface area contributed by atoms with Gasteiger partial charge in [0, 0.05) is 22.3 Å². The normalized spacial score (nSPS) is 12.4. The van der Waals surface area contributed by atoms with Crippen LogP contribution in [0.5, 0.6) is 5.75 Å². The maximum atomic E-state index is 5.87. The Balaban J connectivity index is 2.16. The molecule has 0 amide bonds. The van der Waals surface area contributed by atoms with E-state index in [0.717, 1.165) is 20.7 Å². The number of ether oxygens (including phenoxy) is 1. The summed E-state index contributed by atoms with van der Waals surface area (Å²) in [6, 6.07) is 6.32. The van der Waals surface area contributed by atoms with E-state index in [1.807, 2.05) is 30.9 Å². The summed E-state index contributed by atoms with van der Waals surface area (Å²) in [5.74, 6) is 0.911. The van der Waals surface area contributed by atoms with Crippen molar-refractivity contribution in [1.29, 1.82) is 0 Å². The molecule has 1 N–H and O–H groups in total. The largest absolute Gasteiger partial charge is 0.488 e. The number of nitrogens with one attached hydrogen (secondary N) is 1. The molecule has 0 aliphatic carbocycles. The molecule has 0 radical (unpaired) electrons. The molecule has 1 aromatic heterocycles. The Kier molecular flexibility index (Phi) is 4.74. The second-order valence-electron chi connectivity index (χ2n) is 3.95.